The van der Waals surface area contributed by atoms with Gasteiger partial charge in [-0.25, -0.2) is 0 Å². The molecule has 0 radical (unpaired) electrons. The fourth-order valence-electron chi connectivity index (χ4n) is 2.16. The van der Waals surface area contributed by atoms with Crippen LogP contribution in [0.15, 0.2) is 17.5 Å². The Bertz CT molecular complexity index is 358. The Hall–Kier alpha value is -0.870. The van der Waals surface area contributed by atoms with Crippen molar-refractivity contribution in [1.82, 2.24) is 9.80 Å². The quantitative estimate of drug-likeness (QED) is 0.821. The highest BCUT2D eigenvalue weighted by atomic mass is 32.1. The zero-order valence-electron chi connectivity index (χ0n) is 10.6. The highest BCUT2D eigenvalue weighted by molar-refractivity contribution is 7.10. The Labute approximate surface area is 107 Å². The van der Waals surface area contributed by atoms with E-state index in [0.29, 0.717) is 12.6 Å². The summed E-state index contributed by atoms with van der Waals surface area (Å²) in [4.78, 5) is 17.5. The van der Waals surface area contributed by atoms with E-state index in [1.165, 1.54) is 4.88 Å². The lowest BCUT2D eigenvalue weighted by molar-refractivity contribution is -0.131. The maximum absolute atomic E-state index is 12.0. The molecule has 17 heavy (non-hydrogen) atoms. The average Bonchev–Trinajstić information content (AvgIpc) is 3.00. The molecule has 1 aliphatic rings. The van der Waals surface area contributed by atoms with Gasteiger partial charge >= 0.3 is 0 Å². The van der Waals surface area contributed by atoms with Crippen LogP contribution in [0.25, 0.3) is 0 Å². The third kappa shape index (κ3) is 3.07. The van der Waals surface area contributed by atoms with E-state index >= 15 is 0 Å². The summed E-state index contributed by atoms with van der Waals surface area (Å²) in [7, 11) is 2.03. The number of amides is 1. The largest absolute Gasteiger partial charge is 0.342 e. The first-order valence-corrected chi connectivity index (χ1v) is 7.08. The van der Waals surface area contributed by atoms with Crippen LogP contribution in [0.3, 0.4) is 0 Å². The number of likely N-dealkylation sites (N-methyl/N-ethyl adjacent to an activating group) is 1. The zero-order valence-corrected chi connectivity index (χ0v) is 11.4. The molecule has 0 aliphatic carbocycles. The number of carbonyl (C=O) groups is 1. The van der Waals surface area contributed by atoms with Gasteiger partial charge in [0.05, 0.1) is 6.54 Å². The molecule has 1 amide bonds. The second kappa shape index (κ2) is 5.65. The third-order valence-electron chi connectivity index (χ3n) is 3.46. The molecule has 1 aliphatic heterocycles. The fraction of sp³-hybridized carbons (Fsp3) is 0.615. The number of hydrogen-bond donors (Lipinski definition) is 0. The molecule has 2 rings (SSSR count). The van der Waals surface area contributed by atoms with Gasteiger partial charge < -0.3 is 4.90 Å². The normalized spacial score (nSPS) is 17.7. The summed E-state index contributed by atoms with van der Waals surface area (Å²) in [6, 6.07) is 4.51. The van der Waals surface area contributed by atoms with Crippen LogP contribution in [0.5, 0.6) is 0 Å². The lowest BCUT2D eigenvalue weighted by Crippen LogP contribution is -2.38. The lowest BCUT2D eigenvalue weighted by Gasteiger charge is -2.25. The molecule has 0 spiro atoms. The molecule has 0 saturated carbocycles. The summed E-state index contributed by atoms with van der Waals surface area (Å²) in [6.45, 7) is 4.57. The number of hydrogen-bond acceptors (Lipinski definition) is 3. The molecule has 0 N–H and O–H groups in total. The monoisotopic (exact) mass is 252 g/mol. The van der Waals surface area contributed by atoms with Crippen LogP contribution >= 0.6 is 11.3 Å². The summed E-state index contributed by atoms with van der Waals surface area (Å²) in [5, 5.41) is 2.09. The van der Waals surface area contributed by atoms with Crippen molar-refractivity contribution in [3.63, 3.8) is 0 Å². The van der Waals surface area contributed by atoms with Gasteiger partial charge in [-0.3, -0.25) is 9.69 Å². The number of carbonyl (C=O) groups excluding carboxylic acids is 1. The van der Waals surface area contributed by atoms with Crippen molar-refractivity contribution in [2.75, 3.05) is 26.7 Å². The molecule has 2 heterocycles. The standard InChI is InChI=1S/C13H20N2OS/c1-11(12-6-5-9-17-12)14(2)10-13(16)15-7-3-4-8-15/h5-6,9,11H,3-4,7-8,10H2,1-2H3. The van der Waals surface area contributed by atoms with Crippen molar-refractivity contribution in [3.05, 3.63) is 22.4 Å². The van der Waals surface area contributed by atoms with Gasteiger partial charge in [0, 0.05) is 24.0 Å². The SMILES string of the molecule is CC(c1cccs1)N(C)CC(=O)N1CCCC1. The predicted molar refractivity (Wildman–Crippen MR) is 71.2 cm³/mol. The van der Waals surface area contributed by atoms with Gasteiger partial charge in [0.1, 0.15) is 0 Å². The summed E-state index contributed by atoms with van der Waals surface area (Å²) < 4.78 is 0. The Kier molecular flexibility index (Phi) is 4.18. The smallest absolute Gasteiger partial charge is 0.236 e. The third-order valence-corrected chi connectivity index (χ3v) is 4.50. The molecule has 0 aromatic carbocycles. The average molecular weight is 252 g/mol. The van der Waals surface area contributed by atoms with Gasteiger partial charge in [0.15, 0.2) is 0 Å². The molecule has 4 heteroatoms. The van der Waals surface area contributed by atoms with E-state index in [0.717, 1.165) is 25.9 Å². The van der Waals surface area contributed by atoms with Crippen LogP contribution < -0.4 is 0 Å². The van der Waals surface area contributed by atoms with E-state index in [1.54, 1.807) is 11.3 Å². The van der Waals surface area contributed by atoms with Crippen molar-refractivity contribution < 1.29 is 4.79 Å². The minimum atomic E-state index is 0.272. The van der Waals surface area contributed by atoms with Crippen LogP contribution in [0.1, 0.15) is 30.7 Å². The van der Waals surface area contributed by atoms with Gasteiger partial charge in [-0.1, -0.05) is 6.07 Å². The Morgan fingerprint density at radius 1 is 1.53 bits per heavy atom. The Morgan fingerprint density at radius 2 is 2.24 bits per heavy atom. The van der Waals surface area contributed by atoms with E-state index in [-0.39, 0.29) is 5.91 Å². The number of likely N-dealkylation sites (tertiary alicyclic amines) is 1. The van der Waals surface area contributed by atoms with Crippen LogP contribution in [-0.4, -0.2) is 42.4 Å². The number of nitrogens with zero attached hydrogens (tertiary/aromatic N) is 2. The zero-order chi connectivity index (χ0) is 12.3. The van der Waals surface area contributed by atoms with Gasteiger partial charge in [0.2, 0.25) is 5.91 Å². The van der Waals surface area contributed by atoms with Crippen molar-refractivity contribution in [2.45, 2.75) is 25.8 Å². The highest BCUT2D eigenvalue weighted by Gasteiger charge is 2.21. The maximum atomic E-state index is 12.0. The molecule has 1 unspecified atom stereocenters. The minimum Gasteiger partial charge on any atom is -0.342 e. The molecule has 1 atom stereocenters. The van der Waals surface area contributed by atoms with Crippen molar-refractivity contribution in [1.29, 1.82) is 0 Å². The lowest BCUT2D eigenvalue weighted by atomic mass is 10.2. The number of rotatable bonds is 4. The van der Waals surface area contributed by atoms with E-state index < -0.39 is 0 Å². The molecular weight excluding hydrogens is 232 g/mol. The van der Waals surface area contributed by atoms with E-state index in [1.807, 2.05) is 11.9 Å². The molecule has 94 valence electrons. The molecular formula is C13H20N2OS. The summed E-state index contributed by atoms with van der Waals surface area (Å²) in [5.74, 6) is 0.272. The van der Waals surface area contributed by atoms with Crippen molar-refractivity contribution >= 4 is 17.2 Å². The van der Waals surface area contributed by atoms with Gasteiger partial charge in [-0.15, -0.1) is 11.3 Å². The maximum Gasteiger partial charge on any atom is 0.236 e. The van der Waals surface area contributed by atoms with Gasteiger partial charge in [-0.2, -0.15) is 0 Å². The summed E-state index contributed by atoms with van der Waals surface area (Å²) in [6.07, 6.45) is 2.33. The number of thiophene rings is 1. The van der Waals surface area contributed by atoms with Crippen LogP contribution in [0, 0.1) is 0 Å². The van der Waals surface area contributed by atoms with Gasteiger partial charge in [-0.05, 0) is 38.3 Å². The van der Waals surface area contributed by atoms with Gasteiger partial charge in [0.25, 0.3) is 0 Å². The molecule has 1 aromatic rings. The highest BCUT2D eigenvalue weighted by Crippen LogP contribution is 2.23. The molecule has 3 nitrogen and oxygen atoms in total. The van der Waals surface area contributed by atoms with E-state index in [4.69, 9.17) is 0 Å². The Morgan fingerprint density at radius 3 is 2.82 bits per heavy atom. The summed E-state index contributed by atoms with van der Waals surface area (Å²) in [5.41, 5.74) is 0. The summed E-state index contributed by atoms with van der Waals surface area (Å²) >= 11 is 1.75. The predicted octanol–water partition coefficient (Wildman–Crippen LogP) is 2.36. The first-order valence-electron chi connectivity index (χ1n) is 6.20. The minimum absolute atomic E-state index is 0.272. The molecule has 1 aromatic heterocycles. The van der Waals surface area contributed by atoms with Crippen LogP contribution in [0.2, 0.25) is 0 Å². The fourth-order valence-corrected chi connectivity index (χ4v) is 3.01. The topological polar surface area (TPSA) is 23.6 Å². The van der Waals surface area contributed by atoms with Crippen molar-refractivity contribution in [2.24, 2.45) is 0 Å². The first kappa shape index (κ1) is 12.6. The second-order valence-electron chi connectivity index (χ2n) is 4.69. The van der Waals surface area contributed by atoms with E-state index in [2.05, 4.69) is 29.3 Å². The van der Waals surface area contributed by atoms with Crippen LogP contribution in [0.4, 0.5) is 0 Å². The molecule has 0 bridgehead atoms. The molecule has 1 saturated heterocycles. The second-order valence-corrected chi connectivity index (χ2v) is 5.67. The van der Waals surface area contributed by atoms with E-state index in [9.17, 15) is 4.79 Å². The molecule has 1 fully saturated rings. The van der Waals surface area contributed by atoms with Crippen molar-refractivity contribution in [3.8, 4) is 0 Å². The Balaban J connectivity index is 1.87. The van der Waals surface area contributed by atoms with Crippen LogP contribution in [-0.2, 0) is 4.79 Å². The first-order chi connectivity index (χ1) is 8.18.